The van der Waals surface area contributed by atoms with Crippen LogP contribution in [0.5, 0.6) is 0 Å². The fourth-order valence-corrected chi connectivity index (χ4v) is 7.34. The van der Waals surface area contributed by atoms with Crippen LogP contribution in [0.4, 0.5) is 0 Å². The van der Waals surface area contributed by atoms with Gasteiger partial charge >= 0.3 is 0 Å². The molecule has 4 fully saturated rings. The van der Waals surface area contributed by atoms with Crippen LogP contribution < -0.4 is 0 Å². The van der Waals surface area contributed by atoms with Crippen LogP contribution in [-0.4, -0.2) is 39.0 Å². The van der Waals surface area contributed by atoms with Gasteiger partial charge in [0.2, 0.25) is 0 Å². The lowest BCUT2D eigenvalue weighted by atomic mass is 9.50. The SMILES string of the molecule is COCO[C@@H]1CC(C)(C)C(=O)[C@H](C)C23CC[C@H]4C[C@]41C2[C@H](OC)CC3. The number of ether oxygens (including phenoxy) is 3. The molecular formula is C21H34O4. The molecule has 0 aliphatic heterocycles. The van der Waals surface area contributed by atoms with Gasteiger partial charge in [-0.15, -0.1) is 0 Å². The molecule has 0 N–H and O–H groups in total. The van der Waals surface area contributed by atoms with Gasteiger partial charge in [-0.2, -0.15) is 0 Å². The smallest absolute Gasteiger partial charge is 0.146 e. The Labute approximate surface area is 152 Å². The van der Waals surface area contributed by atoms with Gasteiger partial charge in [0.15, 0.2) is 0 Å². The highest BCUT2D eigenvalue weighted by Gasteiger charge is 2.76. The largest absolute Gasteiger partial charge is 0.381 e. The van der Waals surface area contributed by atoms with Gasteiger partial charge in [-0.25, -0.2) is 0 Å². The topological polar surface area (TPSA) is 44.8 Å². The Hall–Kier alpha value is -0.450. The second-order valence-electron chi connectivity index (χ2n) is 9.81. The maximum absolute atomic E-state index is 13.5. The molecule has 0 heterocycles. The molecular weight excluding hydrogens is 316 g/mol. The predicted molar refractivity (Wildman–Crippen MR) is 95.0 cm³/mol. The summed E-state index contributed by atoms with van der Waals surface area (Å²) in [6.45, 7) is 6.77. The first-order chi connectivity index (χ1) is 11.8. The van der Waals surface area contributed by atoms with E-state index in [0.717, 1.165) is 25.2 Å². The summed E-state index contributed by atoms with van der Waals surface area (Å²) in [5.74, 6) is 1.74. The molecule has 4 aliphatic rings. The van der Waals surface area contributed by atoms with Crippen LogP contribution in [0.25, 0.3) is 0 Å². The maximum Gasteiger partial charge on any atom is 0.146 e. The highest BCUT2D eigenvalue weighted by Crippen LogP contribution is 2.78. The third-order valence-corrected chi connectivity index (χ3v) is 8.53. The van der Waals surface area contributed by atoms with Gasteiger partial charge < -0.3 is 14.2 Å². The Kier molecular flexibility index (Phi) is 4.14. The van der Waals surface area contributed by atoms with Gasteiger partial charge in [-0.1, -0.05) is 20.8 Å². The monoisotopic (exact) mass is 350 g/mol. The zero-order valence-electron chi connectivity index (χ0n) is 16.5. The van der Waals surface area contributed by atoms with E-state index in [-0.39, 0.29) is 34.4 Å². The number of methoxy groups -OCH3 is 2. The van der Waals surface area contributed by atoms with Crippen LogP contribution in [0, 0.1) is 34.0 Å². The van der Waals surface area contributed by atoms with Gasteiger partial charge in [-0.05, 0) is 55.8 Å². The van der Waals surface area contributed by atoms with Crippen molar-refractivity contribution in [3.63, 3.8) is 0 Å². The zero-order valence-corrected chi connectivity index (χ0v) is 16.5. The van der Waals surface area contributed by atoms with E-state index in [1.54, 1.807) is 7.11 Å². The van der Waals surface area contributed by atoms with Crippen molar-refractivity contribution in [3.8, 4) is 0 Å². The summed E-state index contributed by atoms with van der Waals surface area (Å²) >= 11 is 0. The van der Waals surface area contributed by atoms with E-state index in [0.29, 0.717) is 18.5 Å². The first-order valence-electron chi connectivity index (χ1n) is 10.0. The van der Waals surface area contributed by atoms with Crippen molar-refractivity contribution in [1.82, 2.24) is 0 Å². The van der Waals surface area contributed by atoms with Crippen molar-refractivity contribution in [1.29, 1.82) is 0 Å². The standard InChI is InChI=1S/C21H34O4/c1-13-18(22)19(2,3)11-16(25-12-23-4)21-10-14(21)6-8-20(13)9-7-15(24-5)17(20)21/h13-17H,6-12H2,1-5H3/t13-,14-,15+,16+,17?,20?,21-/m0/s1. The second-order valence-corrected chi connectivity index (χ2v) is 9.81. The van der Waals surface area contributed by atoms with E-state index in [2.05, 4.69) is 20.8 Å². The Morgan fingerprint density at radius 1 is 1.12 bits per heavy atom. The molecule has 4 nitrogen and oxygen atoms in total. The van der Waals surface area contributed by atoms with E-state index in [1.807, 2.05) is 7.11 Å². The Bertz CT molecular complexity index is 558. The molecule has 1 spiro atoms. The van der Waals surface area contributed by atoms with Crippen LogP contribution in [0.2, 0.25) is 0 Å². The van der Waals surface area contributed by atoms with Crippen LogP contribution in [0.1, 0.15) is 59.3 Å². The molecule has 0 aromatic rings. The minimum absolute atomic E-state index is 0.101. The minimum atomic E-state index is -0.335. The average Bonchev–Trinajstić information content (AvgIpc) is 3.22. The summed E-state index contributed by atoms with van der Waals surface area (Å²) in [5, 5.41) is 0. The number of hydrogen-bond donors (Lipinski definition) is 0. The van der Waals surface area contributed by atoms with E-state index in [9.17, 15) is 4.79 Å². The number of carbonyl (C=O) groups excluding carboxylic acids is 1. The normalized spacial score (nSPS) is 50.6. The fraction of sp³-hybridized carbons (Fsp3) is 0.952. The summed E-state index contributed by atoms with van der Waals surface area (Å²) < 4.78 is 17.5. The highest BCUT2D eigenvalue weighted by molar-refractivity contribution is 5.87. The molecule has 0 aromatic carbocycles. The number of carbonyl (C=O) groups is 1. The molecule has 2 unspecified atom stereocenters. The van der Waals surface area contributed by atoms with Crippen molar-refractivity contribution in [2.24, 2.45) is 34.0 Å². The van der Waals surface area contributed by atoms with E-state index < -0.39 is 0 Å². The fourth-order valence-electron chi connectivity index (χ4n) is 7.34. The molecule has 2 bridgehead atoms. The average molecular weight is 350 g/mol. The first-order valence-corrected chi connectivity index (χ1v) is 10.0. The molecule has 0 amide bonds. The summed E-state index contributed by atoms with van der Waals surface area (Å²) in [7, 11) is 3.54. The lowest BCUT2D eigenvalue weighted by molar-refractivity contribution is -0.180. The lowest BCUT2D eigenvalue weighted by Gasteiger charge is -2.55. The van der Waals surface area contributed by atoms with Crippen molar-refractivity contribution in [2.75, 3.05) is 21.0 Å². The van der Waals surface area contributed by atoms with Gasteiger partial charge in [0.25, 0.3) is 0 Å². The quantitative estimate of drug-likeness (QED) is 0.723. The van der Waals surface area contributed by atoms with E-state index in [1.165, 1.54) is 19.3 Å². The van der Waals surface area contributed by atoms with Crippen molar-refractivity contribution < 1.29 is 19.0 Å². The Morgan fingerprint density at radius 3 is 2.52 bits per heavy atom. The Morgan fingerprint density at radius 2 is 1.84 bits per heavy atom. The molecule has 4 saturated carbocycles. The molecule has 4 rings (SSSR count). The van der Waals surface area contributed by atoms with Gasteiger partial charge in [0, 0.05) is 31.0 Å². The van der Waals surface area contributed by atoms with Gasteiger partial charge in [0.1, 0.15) is 12.6 Å². The predicted octanol–water partition coefficient (Wildman–Crippen LogP) is 3.82. The van der Waals surface area contributed by atoms with Gasteiger partial charge in [-0.3, -0.25) is 4.79 Å². The molecule has 25 heavy (non-hydrogen) atoms. The minimum Gasteiger partial charge on any atom is -0.381 e. The molecule has 4 aliphatic carbocycles. The third kappa shape index (κ3) is 2.26. The molecule has 142 valence electrons. The molecule has 4 heteroatoms. The van der Waals surface area contributed by atoms with E-state index >= 15 is 0 Å². The number of Topliss-reactive ketones (excluding diaryl/α,β-unsaturated/α-hetero) is 1. The number of rotatable bonds is 4. The van der Waals surface area contributed by atoms with Crippen LogP contribution in [0.3, 0.4) is 0 Å². The molecule has 0 aromatic heterocycles. The summed E-state index contributed by atoms with van der Waals surface area (Å²) in [4.78, 5) is 13.5. The van der Waals surface area contributed by atoms with Crippen molar-refractivity contribution >= 4 is 5.78 Å². The highest BCUT2D eigenvalue weighted by atomic mass is 16.7. The summed E-state index contributed by atoms with van der Waals surface area (Å²) in [5.41, 5.74) is -0.0320. The second kappa shape index (κ2) is 5.77. The summed E-state index contributed by atoms with van der Waals surface area (Å²) in [6.07, 6.45) is 7.07. The number of ketones is 1. The zero-order chi connectivity index (χ0) is 18.0. The number of hydrogen-bond acceptors (Lipinski definition) is 4. The third-order valence-electron chi connectivity index (χ3n) is 8.53. The van der Waals surface area contributed by atoms with Crippen LogP contribution >= 0.6 is 0 Å². The molecule has 0 saturated heterocycles. The van der Waals surface area contributed by atoms with E-state index in [4.69, 9.17) is 14.2 Å². The lowest BCUT2D eigenvalue weighted by Crippen LogP contribution is -2.56. The first kappa shape index (κ1) is 17.9. The molecule has 0 radical (unpaired) electrons. The summed E-state index contributed by atoms with van der Waals surface area (Å²) in [6, 6.07) is 0. The maximum atomic E-state index is 13.5. The van der Waals surface area contributed by atoms with Gasteiger partial charge in [0.05, 0.1) is 12.2 Å². The van der Waals surface area contributed by atoms with Crippen molar-refractivity contribution in [2.45, 2.75) is 71.5 Å². The Balaban J connectivity index is 1.82. The molecule has 7 atom stereocenters. The van der Waals surface area contributed by atoms with Crippen LogP contribution in [-0.2, 0) is 19.0 Å². The van der Waals surface area contributed by atoms with Crippen molar-refractivity contribution in [3.05, 3.63) is 0 Å². The van der Waals surface area contributed by atoms with Crippen LogP contribution in [0.15, 0.2) is 0 Å².